The van der Waals surface area contributed by atoms with Crippen LogP contribution in [0.3, 0.4) is 0 Å². The van der Waals surface area contributed by atoms with E-state index >= 15 is 0 Å². The minimum Gasteiger partial charge on any atom is -0.477 e. The largest absolute Gasteiger partial charge is 0.477 e. The Morgan fingerprint density at radius 1 is 1.45 bits per heavy atom. The zero-order valence-corrected chi connectivity index (χ0v) is 7.09. The minimum atomic E-state index is 0.637. The molecule has 3 heteroatoms. The van der Waals surface area contributed by atoms with Crippen molar-refractivity contribution in [3.8, 4) is 5.88 Å². The molecule has 0 atom stereocenters. The monoisotopic (exact) mass is 152 g/mol. The molecular weight excluding hydrogens is 140 g/mol. The van der Waals surface area contributed by atoms with Crippen molar-refractivity contribution in [2.24, 2.45) is 0 Å². The Morgan fingerprint density at radius 3 is 2.73 bits per heavy atom. The average molecular weight is 152 g/mol. The number of ether oxygens (including phenoxy) is 1. The van der Waals surface area contributed by atoms with E-state index < -0.39 is 0 Å². The molecule has 1 rings (SSSR count). The molecule has 0 saturated carbocycles. The summed E-state index contributed by atoms with van der Waals surface area (Å²) in [7, 11) is 0. The maximum Gasteiger partial charge on any atom is 0.235 e. The number of aryl methyl sites for hydroxylation is 2. The van der Waals surface area contributed by atoms with Gasteiger partial charge in [-0.1, -0.05) is 0 Å². The van der Waals surface area contributed by atoms with E-state index in [2.05, 4.69) is 9.97 Å². The lowest BCUT2D eigenvalue weighted by Crippen LogP contribution is -1.99. The zero-order valence-electron chi connectivity index (χ0n) is 7.09. The maximum atomic E-state index is 5.22. The molecule has 0 aliphatic rings. The van der Waals surface area contributed by atoms with Crippen molar-refractivity contribution in [2.75, 3.05) is 6.61 Å². The lowest BCUT2D eigenvalue weighted by atomic mass is 10.4. The van der Waals surface area contributed by atoms with Crippen molar-refractivity contribution >= 4 is 0 Å². The van der Waals surface area contributed by atoms with E-state index in [4.69, 9.17) is 4.74 Å². The smallest absolute Gasteiger partial charge is 0.235 e. The van der Waals surface area contributed by atoms with Crippen LogP contribution in [0, 0.1) is 13.8 Å². The molecule has 0 spiro atoms. The quantitative estimate of drug-likeness (QED) is 0.644. The molecule has 11 heavy (non-hydrogen) atoms. The van der Waals surface area contributed by atoms with Crippen molar-refractivity contribution in [3.63, 3.8) is 0 Å². The molecule has 0 aliphatic carbocycles. The van der Waals surface area contributed by atoms with Gasteiger partial charge in [-0.15, -0.1) is 0 Å². The van der Waals surface area contributed by atoms with Gasteiger partial charge in [-0.05, 0) is 20.8 Å². The van der Waals surface area contributed by atoms with Crippen LogP contribution in [0.4, 0.5) is 0 Å². The lowest BCUT2D eigenvalue weighted by molar-refractivity contribution is 0.322. The normalized spacial score (nSPS) is 9.73. The number of hydrogen-bond donors (Lipinski definition) is 0. The standard InChI is InChI=1S/C8H12N2O/c1-4-11-8-7(3)10-6(2)5-9-8/h5H,4H2,1-3H3. The van der Waals surface area contributed by atoms with E-state index in [0.29, 0.717) is 12.5 Å². The van der Waals surface area contributed by atoms with Crippen LogP contribution < -0.4 is 4.74 Å². The van der Waals surface area contributed by atoms with Gasteiger partial charge < -0.3 is 4.74 Å². The highest BCUT2D eigenvalue weighted by atomic mass is 16.5. The summed E-state index contributed by atoms with van der Waals surface area (Å²) in [5, 5.41) is 0. The summed E-state index contributed by atoms with van der Waals surface area (Å²) >= 11 is 0. The van der Waals surface area contributed by atoms with Crippen LogP contribution in [0.1, 0.15) is 18.3 Å². The molecule has 3 nitrogen and oxygen atoms in total. The molecular formula is C8H12N2O. The van der Waals surface area contributed by atoms with Crippen LogP contribution in [0.2, 0.25) is 0 Å². The van der Waals surface area contributed by atoms with Gasteiger partial charge in [0.15, 0.2) is 0 Å². The first kappa shape index (κ1) is 7.98. The Kier molecular flexibility index (Phi) is 2.41. The van der Waals surface area contributed by atoms with Gasteiger partial charge in [0, 0.05) is 0 Å². The molecule has 0 bridgehead atoms. The molecule has 0 aliphatic heterocycles. The first-order chi connectivity index (χ1) is 5.24. The molecule has 1 heterocycles. The second-order valence-electron chi connectivity index (χ2n) is 2.33. The van der Waals surface area contributed by atoms with Gasteiger partial charge in [-0.2, -0.15) is 0 Å². The number of aromatic nitrogens is 2. The fraction of sp³-hybridized carbons (Fsp3) is 0.500. The predicted molar refractivity (Wildman–Crippen MR) is 42.7 cm³/mol. The summed E-state index contributed by atoms with van der Waals surface area (Å²) in [5.41, 5.74) is 1.78. The summed E-state index contributed by atoms with van der Waals surface area (Å²) < 4.78 is 5.22. The van der Waals surface area contributed by atoms with E-state index in [9.17, 15) is 0 Å². The van der Waals surface area contributed by atoms with Gasteiger partial charge in [0.2, 0.25) is 5.88 Å². The van der Waals surface area contributed by atoms with Gasteiger partial charge >= 0.3 is 0 Å². The molecule has 0 N–H and O–H groups in total. The molecule has 0 unspecified atom stereocenters. The summed E-state index contributed by atoms with van der Waals surface area (Å²) in [5.74, 6) is 0.637. The van der Waals surface area contributed by atoms with Crippen LogP contribution in [0.5, 0.6) is 5.88 Å². The van der Waals surface area contributed by atoms with E-state index in [-0.39, 0.29) is 0 Å². The third-order valence-corrected chi connectivity index (χ3v) is 1.30. The Bertz CT molecular complexity index is 248. The van der Waals surface area contributed by atoms with E-state index in [1.165, 1.54) is 0 Å². The number of hydrogen-bond acceptors (Lipinski definition) is 3. The van der Waals surface area contributed by atoms with E-state index in [1.807, 2.05) is 20.8 Å². The van der Waals surface area contributed by atoms with Crippen molar-refractivity contribution in [2.45, 2.75) is 20.8 Å². The van der Waals surface area contributed by atoms with Crippen LogP contribution in [-0.2, 0) is 0 Å². The zero-order chi connectivity index (χ0) is 8.27. The Morgan fingerprint density at radius 2 is 2.18 bits per heavy atom. The third kappa shape index (κ3) is 1.90. The van der Waals surface area contributed by atoms with Crippen LogP contribution in [0.25, 0.3) is 0 Å². The highest BCUT2D eigenvalue weighted by molar-refractivity contribution is 5.17. The number of nitrogens with zero attached hydrogens (tertiary/aromatic N) is 2. The van der Waals surface area contributed by atoms with Gasteiger partial charge in [-0.25, -0.2) is 4.98 Å². The third-order valence-electron chi connectivity index (χ3n) is 1.30. The Hall–Kier alpha value is -1.12. The van der Waals surface area contributed by atoms with Crippen LogP contribution in [0.15, 0.2) is 6.20 Å². The molecule has 0 saturated heterocycles. The molecule has 1 aromatic heterocycles. The van der Waals surface area contributed by atoms with Crippen molar-refractivity contribution in [1.29, 1.82) is 0 Å². The predicted octanol–water partition coefficient (Wildman–Crippen LogP) is 1.49. The molecule has 0 fully saturated rings. The maximum absolute atomic E-state index is 5.22. The number of rotatable bonds is 2. The van der Waals surface area contributed by atoms with E-state index in [1.54, 1.807) is 6.20 Å². The van der Waals surface area contributed by atoms with Crippen molar-refractivity contribution < 1.29 is 4.74 Å². The van der Waals surface area contributed by atoms with Gasteiger partial charge in [0.25, 0.3) is 0 Å². The minimum absolute atomic E-state index is 0.637. The van der Waals surface area contributed by atoms with E-state index in [0.717, 1.165) is 11.4 Å². The van der Waals surface area contributed by atoms with Crippen molar-refractivity contribution in [3.05, 3.63) is 17.6 Å². The SMILES string of the molecule is CCOc1ncc(C)nc1C. The van der Waals surface area contributed by atoms with Crippen LogP contribution in [-0.4, -0.2) is 16.6 Å². The molecule has 60 valence electrons. The molecule has 1 aromatic rings. The average Bonchev–Trinajstić information content (AvgIpc) is 1.95. The summed E-state index contributed by atoms with van der Waals surface area (Å²) in [6.45, 7) is 6.38. The highest BCUT2D eigenvalue weighted by Gasteiger charge is 1.99. The van der Waals surface area contributed by atoms with Crippen molar-refractivity contribution in [1.82, 2.24) is 9.97 Å². The highest BCUT2D eigenvalue weighted by Crippen LogP contribution is 2.10. The topological polar surface area (TPSA) is 35.0 Å². The second kappa shape index (κ2) is 3.32. The first-order valence-electron chi connectivity index (χ1n) is 3.67. The summed E-state index contributed by atoms with van der Waals surface area (Å²) in [6.07, 6.45) is 1.71. The first-order valence-corrected chi connectivity index (χ1v) is 3.67. The fourth-order valence-electron chi connectivity index (χ4n) is 0.865. The second-order valence-corrected chi connectivity index (χ2v) is 2.33. The summed E-state index contributed by atoms with van der Waals surface area (Å²) in [4.78, 5) is 8.29. The van der Waals surface area contributed by atoms with Crippen LogP contribution >= 0.6 is 0 Å². The Balaban J connectivity index is 2.90. The summed E-state index contributed by atoms with van der Waals surface area (Å²) in [6, 6.07) is 0. The fourth-order valence-corrected chi connectivity index (χ4v) is 0.865. The van der Waals surface area contributed by atoms with Gasteiger partial charge in [0.05, 0.1) is 24.2 Å². The molecule has 0 radical (unpaired) electrons. The van der Waals surface area contributed by atoms with Gasteiger partial charge in [0.1, 0.15) is 0 Å². The molecule has 0 aromatic carbocycles. The molecule has 0 amide bonds. The van der Waals surface area contributed by atoms with Gasteiger partial charge in [-0.3, -0.25) is 4.98 Å². The Labute approximate surface area is 66.4 Å². The lowest BCUT2D eigenvalue weighted by Gasteiger charge is -2.03.